The van der Waals surface area contributed by atoms with Crippen LogP contribution in [-0.4, -0.2) is 172 Å². The third-order valence-electron chi connectivity index (χ3n) is 6.42. The van der Waals surface area contributed by atoms with Crippen molar-refractivity contribution in [3.8, 4) is 0 Å². The predicted molar refractivity (Wildman–Crippen MR) is 111 cm³/mol. The standard InChI is InChI=1S/C20H36O16/c1-30-3-6-9(21)13(25)16(28)19(35-6)33-5-8-11(23)14(26)17(29)20(36-8)32-4-7-10(22)12(24)15(27)18(31-2)34-7/h6-29H,3-5H2,1-2H3/t6?,7?,8?,9-,10-,11-,12?,13?,14?,15-,16-,17-,18+,19+,20+/m1/s1. The summed E-state index contributed by atoms with van der Waals surface area (Å²) in [4.78, 5) is 0. The number of aliphatic hydroxyl groups is 9. The molecule has 9 N–H and O–H groups in total. The number of ether oxygens (including phenoxy) is 7. The minimum absolute atomic E-state index is 0.112. The van der Waals surface area contributed by atoms with E-state index in [-0.39, 0.29) is 6.61 Å². The summed E-state index contributed by atoms with van der Waals surface area (Å²) in [5, 5.41) is 91.0. The number of rotatable bonds is 9. The van der Waals surface area contributed by atoms with E-state index in [0.29, 0.717) is 0 Å². The number of hydrogen-bond donors (Lipinski definition) is 9. The van der Waals surface area contributed by atoms with Gasteiger partial charge in [0.1, 0.15) is 73.2 Å². The van der Waals surface area contributed by atoms with Gasteiger partial charge in [-0.3, -0.25) is 0 Å². The van der Waals surface area contributed by atoms with Crippen molar-refractivity contribution in [1.29, 1.82) is 0 Å². The Morgan fingerprint density at radius 3 is 1.14 bits per heavy atom. The van der Waals surface area contributed by atoms with Gasteiger partial charge in [0.15, 0.2) is 18.9 Å². The molecule has 3 rings (SSSR count). The van der Waals surface area contributed by atoms with Crippen molar-refractivity contribution in [2.24, 2.45) is 0 Å². The minimum atomic E-state index is -1.75. The van der Waals surface area contributed by atoms with E-state index in [9.17, 15) is 46.0 Å². The van der Waals surface area contributed by atoms with Gasteiger partial charge in [-0.25, -0.2) is 0 Å². The molecule has 0 bridgehead atoms. The van der Waals surface area contributed by atoms with E-state index in [1.807, 2.05) is 0 Å². The van der Waals surface area contributed by atoms with Gasteiger partial charge in [0.2, 0.25) is 0 Å². The zero-order chi connectivity index (χ0) is 26.7. The highest BCUT2D eigenvalue weighted by Crippen LogP contribution is 2.27. The highest BCUT2D eigenvalue weighted by atomic mass is 16.7. The van der Waals surface area contributed by atoms with Gasteiger partial charge in [-0.1, -0.05) is 0 Å². The van der Waals surface area contributed by atoms with Crippen molar-refractivity contribution in [3.63, 3.8) is 0 Å². The molecule has 0 spiro atoms. The Hall–Kier alpha value is -0.640. The van der Waals surface area contributed by atoms with E-state index >= 15 is 0 Å². The molecule has 3 aliphatic heterocycles. The van der Waals surface area contributed by atoms with Gasteiger partial charge in [-0.15, -0.1) is 0 Å². The van der Waals surface area contributed by atoms with Crippen LogP contribution in [0.5, 0.6) is 0 Å². The maximum absolute atomic E-state index is 10.3. The number of aliphatic hydroxyl groups excluding tert-OH is 9. The lowest BCUT2D eigenvalue weighted by Crippen LogP contribution is -2.62. The molecule has 3 aliphatic rings. The van der Waals surface area contributed by atoms with Crippen LogP contribution in [0.2, 0.25) is 0 Å². The highest BCUT2D eigenvalue weighted by molar-refractivity contribution is 4.93. The average Bonchev–Trinajstić information content (AvgIpc) is 2.87. The molecule has 36 heavy (non-hydrogen) atoms. The topological polar surface area (TPSA) is 247 Å². The van der Waals surface area contributed by atoms with E-state index in [2.05, 4.69) is 0 Å². The van der Waals surface area contributed by atoms with E-state index in [0.717, 1.165) is 0 Å². The smallest absolute Gasteiger partial charge is 0.186 e. The molecule has 0 aromatic carbocycles. The minimum Gasteiger partial charge on any atom is -0.387 e. The summed E-state index contributed by atoms with van der Waals surface area (Å²) in [7, 11) is 2.56. The van der Waals surface area contributed by atoms with Crippen LogP contribution >= 0.6 is 0 Å². The molecular formula is C20H36O16. The Kier molecular flexibility index (Phi) is 10.8. The molecule has 16 nitrogen and oxygen atoms in total. The van der Waals surface area contributed by atoms with Crippen molar-refractivity contribution >= 4 is 0 Å². The molecule has 0 aromatic heterocycles. The lowest BCUT2D eigenvalue weighted by molar-refractivity contribution is -0.341. The molecular weight excluding hydrogens is 496 g/mol. The predicted octanol–water partition coefficient (Wildman–Crippen LogP) is -6.26. The summed E-state index contributed by atoms with van der Waals surface area (Å²) in [6.45, 7) is -1.09. The van der Waals surface area contributed by atoms with Gasteiger partial charge < -0.3 is 79.1 Å². The number of methoxy groups -OCH3 is 2. The van der Waals surface area contributed by atoms with Crippen molar-refractivity contribution in [3.05, 3.63) is 0 Å². The Labute approximate surface area is 206 Å². The van der Waals surface area contributed by atoms with Crippen LogP contribution in [0, 0.1) is 0 Å². The molecule has 3 heterocycles. The van der Waals surface area contributed by atoms with Crippen molar-refractivity contribution < 1.29 is 79.1 Å². The quantitative estimate of drug-likeness (QED) is 0.134. The number of hydrogen-bond acceptors (Lipinski definition) is 16. The van der Waals surface area contributed by atoms with Crippen LogP contribution in [0.15, 0.2) is 0 Å². The first kappa shape index (κ1) is 29.9. The monoisotopic (exact) mass is 532 g/mol. The van der Waals surface area contributed by atoms with E-state index in [4.69, 9.17) is 33.2 Å². The molecule has 212 valence electrons. The molecule has 15 atom stereocenters. The van der Waals surface area contributed by atoms with Gasteiger partial charge in [-0.2, -0.15) is 0 Å². The van der Waals surface area contributed by atoms with Gasteiger partial charge in [0.05, 0.1) is 19.8 Å². The Morgan fingerprint density at radius 2 is 0.778 bits per heavy atom. The summed E-state index contributed by atoms with van der Waals surface area (Å²) >= 11 is 0. The Morgan fingerprint density at radius 1 is 0.444 bits per heavy atom. The second-order valence-electron chi connectivity index (χ2n) is 8.90. The third kappa shape index (κ3) is 6.32. The molecule has 3 saturated heterocycles. The summed E-state index contributed by atoms with van der Waals surface area (Å²) in [6, 6.07) is 0. The first-order valence-electron chi connectivity index (χ1n) is 11.4. The van der Waals surface area contributed by atoms with Crippen LogP contribution in [0.4, 0.5) is 0 Å². The van der Waals surface area contributed by atoms with Gasteiger partial charge >= 0.3 is 0 Å². The van der Waals surface area contributed by atoms with E-state index in [1.165, 1.54) is 14.2 Å². The molecule has 6 unspecified atom stereocenters. The van der Waals surface area contributed by atoms with Gasteiger partial charge in [0, 0.05) is 14.2 Å². The van der Waals surface area contributed by atoms with Crippen LogP contribution in [-0.2, 0) is 33.2 Å². The summed E-state index contributed by atoms with van der Waals surface area (Å²) in [6.07, 6.45) is -22.4. The van der Waals surface area contributed by atoms with Crippen LogP contribution in [0.3, 0.4) is 0 Å². The Balaban J connectivity index is 1.59. The molecule has 0 amide bonds. The SMILES string of the molecule is COCC1O[C@H](OCC2O[C@H](OCC3O[C@H](OC)[C@H](O)C(O)[C@@H]3O)[C@H](O)C(O)[C@@H]2O)[C@H](O)C(O)[C@@H]1O. The second-order valence-corrected chi connectivity index (χ2v) is 8.90. The molecule has 16 heteroatoms. The maximum Gasteiger partial charge on any atom is 0.186 e. The fourth-order valence-corrected chi connectivity index (χ4v) is 4.18. The fourth-order valence-electron chi connectivity index (χ4n) is 4.18. The first-order valence-corrected chi connectivity index (χ1v) is 11.4. The van der Waals surface area contributed by atoms with Gasteiger partial charge in [-0.05, 0) is 0 Å². The first-order chi connectivity index (χ1) is 17.0. The average molecular weight is 532 g/mol. The summed E-state index contributed by atoms with van der Waals surface area (Å²) < 4.78 is 36.9. The second kappa shape index (κ2) is 12.9. The fraction of sp³-hybridized carbons (Fsp3) is 1.00. The molecule has 0 aromatic rings. The lowest BCUT2D eigenvalue weighted by Gasteiger charge is -2.43. The zero-order valence-corrected chi connectivity index (χ0v) is 19.7. The molecule has 0 saturated carbocycles. The lowest BCUT2D eigenvalue weighted by atomic mass is 9.98. The summed E-state index contributed by atoms with van der Waals surface area (Å²) in [5.74, 6) is 0. The molecule has 0 aliphatic carbocycles. The highest BCUT2D eigenvalue weighted by Gasteiger charge is 2.49. The van der Waals surface area contributed by atoms with E-state index in [1.54, 1.807) is 0 Å². The van der Waals surface area contributed by atoms with Crippen LogP contribution in [0.1, 0.15) is 0 Å². The van der Waals surface area contributed by atoms with Gasteiger partial charge in [0.25, 0.3) is 0 Å². The van der Waals surface area contributed by atoms with Crippen LogP contribution < -0.4 is 0 Å². The normalized spacial score (nSPS) is 50.2. The largest absolute Gasteiger partial charge is 0.387 e. The maximum atomic E-state index is 10.3. The van der Waals surface area contributed by atoms with Crippen molar-refractivity contribution in [1.82, 2.24) is 0 Å². The molecule has 3 fully saturated rings. The zero-order valence-electron chi connectivity index (χ0n) is 19.7. The third-order valence-corrected chi connectivity index (χ3v) is 6.42. The molecule has 0 radical (unpaired) electrons. The Bertz CT molecular complexity index is 670. The van der Waals surface area contributed by atoms with E-state index < -0.39 is 105 Å². The summed E-state index contributed by atoms with van der Waals surface area (Å²) in [5.41, 5.74) is 0. The van der Waals surface area contributed by atoms with Crippen molar-refractivity contribution in [2.45, 2.75) is 92.1 Å². The van der Waals surface area contributed by atoms with Crippen LogP contribution in [0.25, 0.3) is 0 Å². The van der Waals surface area contributed by atoms with Crippen molar-refractivity contribution in [2.75, 3.05) is 34.0 Å².